The lowest BCUT2D eigenvalue weighted by molar-refractivity contribution is 1.25. The molecule has 1 aliphatic rings. The summed E-state index contributed by atoms with van der Waals surface area (Å²) in [5, 5.41) is 7.43. The van der Waals surface area contributed by atoms with Crippen molar-refractivity contribution in [2.75, 3.05) is 0 Å². The van der Waals surface area contributed by atoms with Gasteiger partial charge in [-0.25, -0.2) is 0 Å². The maximum absolute atomic E-state index is 3.76. The van der Waals surface area contributed by atoms with Crippen LogP contribution in [0.2, 0.25) is 0 Å². The van der Waals surface area contributed by atoms with E-state index in [1.54, 1.807) is 18.4 Å². The zero-order valence-electron chi connectivity index (χ0n) is 6.63. The molecule has 0 saturated heterocycles. The average Bonchev–Trinajstić information content (AvgIpc) is 2.21. The summed E-state index contributed by atoms with van der Waals surface area (Å²) in [5.41, 5.74) is 3.75. The first-order valence-electron chi connectivity index (χ1n) is 3.38. The van der Waals surface area contributed by atoms with Crippen LogP contribution in [-0.2, 0) is 0 Å². The molecule has 0 amide bonds. The minimum Gasteiger partial charge on any atom is -0.158 e. The molecule has 10 heavy (non-hydrogen) atoms. The van der Waals surface area contributed by atoms with Crippen molar-refractivity contribution in [3.8, 4) is 0 Å². The molecule has 1 aliphatic heterocycles. The van der Waals surface area contributed by atoms with E-state index >= 15 is 0 Å². The predicted molar refractivity (Wildman–Crippen MR) is 45.6 cm³/mol. The molecule has 0 aliphatic carbocycles. The molecule has 0 atom stereocenters. The quantitative estimate of drug-likeness (QED) is 0.456. The van der Waals surface area contributed by atoms with E-state index in [-0.39, 0.29) is 0 Å². The molecule has 0 aromatic carbocycles. The largest absolute Gasteiger partial charge is 0.158 e. The third-order valence-corrected chi connectivity index (χ3v) is 0.745. The molecular weight excluding hydrogens is 124 g/mol. The smallest absolute Gasteiger partial charge is 0.0676 e. The Morgan fingerprint density at radius 2 is 2.10 bits per heavy atom. The summed E-state index contributed by atoms with van der Waals surface area (Å²) >= 11 is 0. The van der Waals surface area contributed by atoms with Crippen LogP contribution in [0.15, 0.2) is 28.1 Å². The molecule has 1 heterocycles. The molecule has 0 saturated carbocycles. The first kappa shape index (κ1) is 8.86. The van der Waals surface area contributed by atoms with Crippen molar-refractivity contribution in [2.45, 2.75) is 20.8 Å². The monoisotopic (exact) mass is 136 g/mol. The Bertz CT molecular complexity index is 193. The number of allylic oxidation sites excluding steroid dienone is 1. The third kappa shape index (κ3) is 3.81. The zero-order valence-corrected chi connectivity index (χ0v) is 6.63. The second kappa shape index (κ2) is 5.99. The van der Waals surface area contributed by atoms with Gasteiger partial charge in [0, 0.05) is 12.2 Å². The van der Waals surface area contributed by atoms with Gasteiger partial charge in [0.15, 0.2) is 0 Å². The Morgan fingerprint density at radius 3 is 2.80 bits per heavy atom. The fourth-order valence-corrected chi connectivity index (χ4v) is 0.398. The Kier molecular flexibility index (Phi) is 5.30. The Morgan fingerprint density at radius 1 is 1.40 bits per heavy atom. The fourth-order valence-electron chi connectivity index (χ4n) is 0.398. The van der Waals surface area contributed by atoms with E-state index in [4.69, 9.17) is 0 Å². The molecule has 0 fully saturated rings. The van der Waals surface area contributed by atoms with Crippen molar-refractivity contribution in [3.63, 3.8) is 0 Å². The van der Waals surface area contributed by atoms with E-state index in [0.717, 1.165) is 5.71 Å². The van der Waals surface area contributed by atoms with Crippen molar-refractivity contribution in [1.82, 2.24) is 0 Å². The SMILES string of the molecule is CC.CC1=NN=CC=C=C1. The Hall–Kier alpha value is -1.14. The van der Waals surface area contributed by atoms with Gasteiger partial charge in [-0.2, -0.15) is 10.2 Å². The molecule has 54 valence electrons. The van der Waals surface area contributed by atoms with Crippen LogP contribution in [0.5, 0.6) is 0 Å². The molecule has 0 radical (unpaired) electrons. The summed E-state index contributed by atoms with van der Waals surface area (Å²) in [4.78, 5) is 0. The molecular formula is C8H12N2. The summed E-state index contributed by atoms with van der Waals surface area (Å²) in [6.07, 6.45) is 5.11. The van der Waals surface area contributed by atoms with E-state index < -0.39 is 0 Å². The average molecular weight is 136 g/mol. The van der Waals surface area contributed by atoms with Crippen LogP contribution in [-0.4, -0.2) is 11.9 Å². The van der Waals surface area contributed by atoms with Gasteiger partial charge in [-0.3, -0.25) is 0 Å². The van der Waals surface area contributed by atoms with Gasteiger partial charge in [-0.1, -0.05) is 13.8 Å². The normalized spacial score (nSPS) is 13.3. The Labute approximate surface area is 61.7 Å². The van der Waals surface area contributed by atoms with Crippen LogP contribution >= 0.6 is 0 Å². The number of rotatable bonds is 0. The van der Waals surface area contributed by atoms with Crippen molar-refractivity contribution in [2.24, 2.45) is 10.2 Å². The molecule has 0 spiro atoms. The van der Waals surface area contributed by atoms with E-state index in [9.17, 15) is 0 Å². The Balaban J connectivity index is 0.000000371. The summed E-state index contributed by atoms with van der Waals surface area (Å²) in [7, 11) is 0. The highest BCUT2D eigenvalue weighted by Gasteiger charge is 1.79. The van der Waals surface area contributed by atoms with Gasteiger partial charge in [0.1, 0.15) is 0 Å². The van der Waals surface area contributed by atoms with Gasteiger partial charge < -0.3 is 0 Å². The molecule has 0 aromatic heterocycles. The second-order valence-electron chi connectivity index (χ2n) is 1.48. The second-order valence-corrected chi connectivity index (χ2v) is 1.48. The highest BCUT2D eigenvalue weighted by molar-refractivity contribution is 5.94. The minimum atomic E-state index is 0.884. The predicted octanol–water partition coefficient (Wildman–Crippen LogP) is 2.18. The first-order chi connectivity index (χ1) is 4.89. The van der Waals surface area contributed by atoms with Gasteiger partial charge in [0.25, 0.3) is 0 Å². The number of hydrogen-bond acceptors (Lipinski definition) is 2. The number of hydrogen-bond donors (Lipinski definition) is 0. The maximum atomic E-state index is 3.76. The van der Waals surface area contributed by atoms with Crippen LogP contribution in [0.3, 0.4) is 0 Å². The lowest BCUT2D eigenvalue weighted by Crippen LogP contribution is -1.77. The van der Waals surface area contributed by atoms with Gasteiger partial charge in [-0.05, 0) is 6.92 Å². The van der Waals surface area contributed by atoms with E-state index in [2.05, 4.69) is 15.9 Å². The maximum Gasteiger partial charge on any atom is 0.0676 e. The topological polar surface area (TPSA) is 24.7 Å². The highest BCUT2D eigenvalue weighted by Crippen LogP contribution is 1.83. The van der Waals surface area contributed by atoms with Gasteiger partial charge in [-0.15, -0.1) is 5.73 Å². The molecule has 0 bridgehead atoms. The standard InChI is InChI=1S/C6H6N2.C2H6/c1-6-4-2-3-5-7-8-6;1-2/h3-5H,1H3;1-2H3. The summed E-state index contributed by atoms with van der Waals surface area (Å²) < 4.78 is 0. The molecule has 0 unspecified atom stereocenters. The zero-order chi connectivity index (χ0) is 7.82. The van der Waals surface area contributed by atoms with E-state index in [1.165, 1.54) is 0 Å². The molecule has 1 rings (SSSR count). The van der Waals surface area contributed by atoms with Gasteiger partial charge >= 0.3 is 0 Å². The van der Waals surface area contributed by atoms with E-state index in [0.29, 0.717) is 0 Å². The lowest BCUT2D eigenvalue weighted by atomic mass is 10.4. The summed E-state index contributed by atoms with van der Waals surface area (Å²) in [6.45, 7) is 5.88. The van der Waals surface area contributed by atoms with Crippen molar-refractivity contribution < 1.29 is 0 Å². The first-order valence-corrected chi connectivity index (χ1v) is 3.38. The van der Waals surface area contributed by atoms with Gasteiger partial charge in [0.2, 0.25) is 0 Å². The van der Waals surface area contributed by atoms with Crippen molar-refractivity contribution in [3.05, 3.63) is 17.9 Å². The third-order valence-electron chi connectivity index (χ3n) is 0.745. The van der Waals surface area contributed by atoms with Crippen LogP contribution in [0, 0.1) is 0 Å². The van der Waals surface area contributed by atoms with Crippen LogP contribution in [0.1, 0.15) is 20.8 Å². The molecule has 2 nitrogen and oxygen atoms in total. The van der Waals surface area contributed by atoms with Crippen LogP contribution in [0.25, 0.3) is 0 Å². The fraction of sp³-hybridized carbons (Fsp3) is 0.375. The summed E-state index contributed by atoms with van der Waals surface area (Å²) in [6, 6.07) is 0. The van der Waals surface area contributed by atoms with Crippen molar-refractivity contribution >= 4 is 11.9 Å². The van der Waals surface area contributed by atoms with Crippen LogP contribution < -0.4 is 0 Å². The molecule has 0 aromatic rings. The van der Waals surface area contributed by atoms with Crippen LogP contribution in [0.4, 0.5) is 0 Å². The highest BCUT2D eigenvalue weighted by atomic mass is 15.2. The minimum absolute atomic E-state index is 0.884. The van der Waals surface area contributed by atoms with Gasteiger partial charge in [0.05, 0.1) is 11.9 Å². The van der Waals surface area contributed by atoms with Crippen molar-refractivity contribution in [1.29, 1.82) is 0 Å². The molecule has 0 N–H and O–H groups in total. The number of nitrogens with zero attached hydrogens (tertiary/aromatic N) is 2. The summed E-state index contributed by atoms with van der Waals surface area (Å²) in [5.74, 6) is 0. The lowest BCUT2D eigenvalue weighted by Gasteiger charge is -1.77. The van der Waals surface area contributed by atoms with E-state index in [1.807, 2.05) is 20.8 Å². The molecule has 2 heteroatoms.